The monoisotopic (exact) mass is 365 g/mol. The molecule has 0 radical (unpaired) electrons. The van der Waals surface area contributed by atoms with Gasteiger partial charge in [-0.1, -0.05) is 13.0 Å². The molecule has 1 fully saturated rings. The van der Waals surface area contributed by atoms with Gasteiger partial charge in [-0.05, 0) is 30.9 Å². The number of benzene rings is 1. The smallest absolute Gasteiger partial charge is 0.504 e. The molecule has 2 rings (SSSR count). The predicted molar refractivity (Wildman–Crippen MR) is 94.7 cm³/mol. The maximum Gasteiger partial charge on any atom is 0.504 e. The molecule has 0 bridgehead atoms. The number of carbonyl (C=O) groups is 2. The second-order valence-electron chi connectivity index (χ2n) is 6.08. The van der Waals surface area contributed by atoms with E-state index >= 15 is 0 Å². The summed E-state index contributed by atoms with van der Waals surface area (Å²) in [4.78, 5) is 25.3. The van der Waals surface area contributed by atoms with Crippen molar-refractivity contribution in [2.45, 2.75) is 38.7 Å². The van der Waals surface area contributed by atoms with Crippen molar-refractivity contribution >= 4 is 19.6 Å². The molecular weight excluding hydrogens is 341 g/mol. The maximum absolute atomic E-state index is 11.9. The number of likely N-dealkylation sites (tertiary alicyclic amines) is 1. The zero-order chi connectivity index (χ0) is 19.1. The van der Waals surface area contributed by atoms with Crippen LogP contribution in [0.1, 0.15) is 42.1 Å². The summed E-state index contributed by atoms with van der Waals surface area (Å²) < 4.78 is 10.9. The summed E-state index contributed by atoms with van der Waals surface area (Å²) in [7, 11) is -0.629. The number of ether oxygens (including phenoxy) is 1. The lowest BCUT2D eigenvalue weighted by atomic mass is 10.0. The second-order valence-corrected chi connectivity index (χ2v) is 6.08. The van der Waals surface area contributed by atoms with Crippen molar-refractivity contribution in [1.82, 2.24) is 4.90 Å². The minimum atomic E-state index is -1.20. The molecule has 0 spiro atoms. The number of hydrogen-bond donors (Lipinski definition) is 3. The van der Waals surface area contributed by atoms with Crippen molar-refractivity contribution < 1.29 is 34.2 Å². The van der Waals surface area contributed by atoms with Gasteiger partial charge < -0.3 is 29.5 Å². The Morgan fingerprint density at radius 1 is 1.31 bits per heavy atom. The molecule has 1 saturated heterocycles. The summed E-state index contributed by atoms with van der Waals surface area (Å²) >= 11 is 0. The van der Waals surface area contributed by atoms with Gasteiger partial charge in [0.15, 0.2) is 0 Å². The largest absolute Gasteiger partial charge is 0.538 e. The quantitative estimate of drug-likeness (QED) is 0.404. The predicted octanol–water partition coefficient (Wildman–Crippen LogP) is 0.337. The first-order valence-electron chi connectivity index (χ1n) is 8.69. The van der Waals surface area contributed by atoms with Crippen LogP contribution in [0.2, 0.25) is 0 Å². The number of aliphatic hydroxyl groups is 1. The molecule has 9 heteroatoms. The van der Waals surface area contributed by atoms with Gasteiger partial charge in [-0.25, -0.2) is 4.79 Å². The molecule has 1 amide bonds. The minimum absolute atomic E-state index is 0.00221. The summed E-state index contributed by atoms with van der Waals surface area (Å²) in [6.45, 7) is 2.71. The Kier molecular flexibility index (Phi) is 7.29. The lowest BCUT2D eigenvalue weighted by Crippen LogP contribution is -2.56. The third-order valence-corrected chi connectivity index (χ3v) is 4.30. The molecule has 1 aliphatic rings. The Morgan fingerprint density at radius 2 is 2.04 bits per heavy atom. The van der Waals surface area contributed by atoms with Crippen molar-refractivity contribution in [1.29, 1.82) is 0 Å². The van der Waals surface area contributed by atoms with Crippen LogP contribution in [-0.2, 0) is 11.2 Å². The van der Waals surface area contributed by atoms with Crippen LogP contribution < -0.4 is 9.39 Å². The van der Waals surface area contributed by atoms with E-state index in [0.29, 0.717) is 44.3 Å². The molecule has 0 saturated carbocycles. The highest BCUT2D eigenvalue weighted by Crippen LogP contribution is 2.34. The highest BCUT2D eigenvalue weighted by Gasteiger charge is 2.33. The van der Waals surface area contributed by atoms with E-state index in [0.717, 1.165) is 0 Å². The number of aliphatic hydroxyl groups excluding tert-OH is 1. The SMILES string of the molecule is CCc1ccc(OC2CN(C(=O)CCCCO)C2)c(C(=O)O)c1OBO. The van der Waals surface area contributed by atoms with Gasteiger partial charge in [0, 0.05) is 13.0 Å². The number of rotatable bonds is 10. The molecule has 0 unspecified atom stereocenters. The molecule has 142 valence electrons. The van der Waals surface area contributed by atoms with Crippen LogP contribution in [0.15, 0.2) is 12.1 Å². The number of amides is 1. The molecule has 0 aliphatic carbocycles. The van der Waals surface area contributed by atoms with E-state index in [9.17, 15) is 14.7 Å². The summed E-state index contributed by atoms with van der Waals surface area (Å²) in [5.41, 5.74) is 0.546. The molecule has 8 nitrogen and oxygen atoms in total. The van der Waals surface area contributed by atoms with Gasteiger partial charge in [-0.2, -0.15) is 0 Å². The van der Waals surface area contributed by atoms with Crippen molar-refractivity contribution in [2.75, 3.05) is 19.7 Å². The molecule has 1 aromatic carbocycles. The zero-order valence-corrected chi connectivity index (χ0v) is 14.8. The Balaban J connectivity index is 2.03. The van der Waals surface area contributed by atoms with Crippen LogP contribution in [0, 0.1) is 0 Å². The minimum Gasteiger partial charge on any atom is -0.538 e. The average molecular weight is 365 g/mol. The topological polar surface area (TPSA) is 117 Å². The van der Waals surface area contributed by atoms with E-state index in [4.69, 9.17) is 19.5 Å². The van der Waals surface area contributed by atoms with Crippen molar-refractivity contribution in [3.8, 4) is 11.5 Å². The molecule has 3 N–H and O–H groups in total. The molecule has 0 atom stereocenters. The van der Waals surface area contributed by atoms with Crippen molar-refractivity contribution in [2.24, 2.45) is 0 Å². The fraction of sp³-hybridized carbons (Fsp3) is 0.529. The van der Waals surface area contributed by atoms with Crippen LogP contribution in [0.25, 0.3) is 0 Å². The molecule has 1 heterocycles. The number of hydrogen-bond acceptors (Lipinski definition) is 6. The van der Waals surface area contributed by atoms with Crippen LogP contribution in [-0.4, -0.2) is 65.5 Å². The molecule has 26 heavy (non-hydrogen) atoms. The fourth-order valence-electron chi connectivity index (χ4n) is 2.86. The van der Waals surface area contributed by atoms with Gasteiger partial charge in [0.05, 0.1) is 13.1 Å². The van der Waals surface area contributed by atoms with E-state index in [2.05, 4.69) is 0 Å². The van der Waals surface area contributed by atoms with E-state index < -0.39 is 13.7 Å². The number of nitrogens with zero attached hydrogens (tertiary/aromatic N) is 1. The van der Waals surface area contributed by atoms with Gasteiger partial charge in [-0.3, -0.25) is 4.79 Å². The number of carboxylic acid groups (broad SMARTS) is 1. The van der Waals surface area contributed by atoms with E-state index in [1.165, 1.54) is 0 Å². The summed E-state index contributed by atoms with van der Waals surface area (Å²) in [6.07, 6.45) is 1.88. The lowest BCUT2D eigenvalue weighted by Gasteiger charge is -2.39. The Hall–Kier alpha value is -2.26. The second kappa shape index (κ2) is 9.44. The maximum atomic E-state index is 11.9. The normalized spacial score (nSPS) is 13.9. The van der Waals surface area contributed by atoms with Crippen LogP contribution in [0.4, 0.5) is 0 Å². The standard InChI is InChI=1S/C17H24BNO7/c1-2-11-6-7-13(15(17(22)23)16(11)26-18-24)25-12-9-19(10-12)14(21)5-3-4-8-20/h6-7,12,18,20,24H,2-5,8-10H2,1H3,(H,22,23). The highest BCUT2D eigenvalue weighted by atomic mass is 16.5. The Morgan fingerprint density at radius 3 is 2.62 bits per heavy atom. The first-order valence-corrected chi connectivity index (χ1v) is 8.69. The number of aromatic carboxylic acids is 1. The van der Waals surface area contributed by atoms with Gasteiger partial charge in [0.25, 0.3) is 0 Å². The summed E-state index contributed by atoms with van der Waals surface area (Å²) in [6, 6.07) is 3.29. The fourth-order valence-corrected chi connectivity index (χ4v) is 2.86. The average Bonchev–Trinajstić information content (AvgIpc) is 2.57. The Bertz CT molecular complexity index is 646. The van der Waals surface area contributed by atoms with Crippen LogP contribution >= 0.6 is 0 Å². The third-order valence-electron chi connectivity index (χ3n) is 4.30. The number of carbonyl (C=O) groups excluding carboxylic acids is 1. The molecular formula is C17H24BNO7. The molecule has 1 aliphatic heterocycles. The van der Waals surface area contributed by atoms with Gasteiger partial charge >= 0.3 is 13.7 Å². The number of unbranched alkanes of at least 4 members (excludes halogenated alkanes) is 1. The van der Waals surface area contributed by atoms with E-state index in [-0.39, 0.29) is 35.7 Å². The van der Waals surface area contributed by atoms with Crippen LogP contribution in [0.3, 0.4) is 0 Å². The summed E-state index contributed by atoms with van der Waals surface area (Å²) in [5.74, 6) is -0.927. The summed E-state index contributed by atoms with van der Waals surface area (Å²) in [5, 5.41) is 27.3. The molecule has 0 aromatic heterocycles. The Labute approximate surface area is 152 Å². The lowest BCUT2D eigenvalue weighted by molar-refractivity contribution is -0.140. The number of aryl methyl sites for hydroxylation is 1. The van der Waals surface area contributed by atoms with Crippen molar-refractivity contribution in [3.05, 3.63) is 23.3 Å². The van der Waals surface area contributed by atoms with E-state index in [1.807, 2.05) is 6.92 Å². The first-order chi connectivity index (χ1) is 12.5. The van der Waals surface area contributed by atoms with Crippen LogP contribution in [0.5, 0.6) is 11.5 Å². The van der Waals surface area contributed by atoms with Crippen molar-refractivity contribution in [3.63, 3.8) is 0 Å². The van der Waals surface area contributed by atoms with E-state index in [1.54, 1.807) is 17.0 Å². The first kappa shape index (κ1) is 20.1. The zero-order valence-electron chi connectivity index (χ0n) is 14.8. The number of carboxylic acids is 1. The third kappa shape index (κ3) is 4.67. The molecule has 1 aromatic rings. The van der Waals surface area contributed by atoms with Gasteiger partial charge in [0.1, 0.15) is 23.2 Å². The van der Waals surface area contributed by atoms with Gasteiger partial charge in [-0.15, -0.1) is 0 Å². The highest BCUT2D eigenvalue weighted by molar-refractivity contribution is 6.18. The van der Waals surface area contributed by atoms with Gasteiger partial charge in [0.2, 0.25) is 5.91 Å².